The number of carbonyl (C=O) groups is 3. The van der Waals surface area contributed by atoms with E-state index in [1.807, 2.05) is 12.1 Å². The lowest BCUT2D eigenvalue weighted by Gasteiger charge is -2.17. The summed E-state index contributed by atoms with van der Waals surface area (Å²) in [6, 6.07) is 11.9. The Bertz CT molecular complexity index is 895. The molecule has 0 aliphatic carbocycles. The number of rotatable bonds is 4. The molecule has 0 bridgehead atoms. The van der Waals surface area contributed by atoms with Crippen molar-refractivity contribution in [1.29, 1.82) is 0 Å². The van der Waals surface area contributed by atoms with Gasteiger partial charge in [0.1, 0.15) is 0 Å². The highest BCUT2D eigenvalue weighted by Crippen LogP contribution is 2.25. The molecule has 1 aliphatic heterocycles. The standard InChI is InChI=1S/C18H14BrN3O3/c1-2-16(23)20-14-5-3-4-11(8-14)17(24)21-22-10-12-6-7-13(19)9-15(12)18(22)25/h2-9H,1,10H2,(H,20,23)(H,21,24). The summed E-state index contributed by atoms with van der Waals surface area (Å²) in [6.45, 7) is 3.68. The molecule has 3 rings (SSSR count). The fourth-order valence-electron chi connectivity index (χ4n) is 2.48. The van der Waals surface area contributed by atoms with Gasteiger partial charge in [0, 0.05) is 21.3 Å². The minimum Gasteiger partial charge on any atom is -0.323 e. The number of halogens is 1. The molecular formula is C18H14BrN3O3. The molecule has 25 heavy (non-hydrogen) atoms. The molecule has 1 heterocycles. The van der Waals surface area contributed by atoms with Crippen LogP contribution in [0.5, 0.6) is 0 Å². The molecule has 0 radical (unpaired) electrons. The third kappa shape index (κ3) is 3.61. The predicted octanol–water partition coefficient (Wildman–Crippen LogP) is 2.87. The highest BCUT2D eigenvalue weighted by molar-refractivity contribution is 9.10. The van der Waals surface area contributed by atoms with E-state index >= 15 is 0 Å². The molecule has 1 aliphatic rings. The summed E-state index contributed by atoms with van der Waals surface area (Å²) in [7, 11) is 0. The Balaban J connectivity index is 1.73. The van der Waals surface area contributed by atoms with Gasteiger partial charge >= 0.3 is 0 Å². The first-order valence-corrected chi connectivity index (χ1v) is 8.22. The average Bonchev–Trinajstić information content (AvgIpc) is 2.90. The Kier molecular flexibility index (Phi) is 4.67. The second-order valence-electron chi connectivity index (χ2n) is 5.41. The molecule has 0 saturated heterocycles. The first-order chi connectivity index (χ1) is 12.0. The molecule has 0 fully saturated rings. The Morgan fingerprint density at radius 1 is 1.20 bits per heavy atom. The summed E-state index contributed by atoms with van der Waals surface area (Å²) in [5.74, 6) is -1.07. The van der Waals surface area contributed by atoms with Crippen molar-refractivity contribution in [3.05, 3.63) is 76.3 Å². The zero-order chi connectivity index (χ0) is 18.0. The third-order valence-electron chi connectivity index (χ3n) is 3.69. The molecular weight excluding hydrogens is 386 g/mol. The number of hydrogen-bond acceptors (Lipinski definition) is 3. The third-order valence-corrected chi connectivity index (χ3v) is 4.18. The van der Waals surface area contributed by atoms with Gasteiger partial charge in [0.25, 0.3) is 11.8 Å². The second kappa shape index (κ2) is 6.90. The number of benzene rings is 2. The van der Waals surface area contributed by atoms with Gasteiger partial charge in [-0.3, -0.25) is 19.8 Å². The van der Waals surface area contributed by atoms with Crippen LogP contribution in [0, 0.1) is 0 Å². The van der Waals surface area contributed by atoms with E-state index in [0.717, 1.165) is 16.1 Å². The molecule has 3 amide bonds. The summed E-state index contributed by atoms with van der Waals surface area (Å²) in [6.07, 6.45) is 1.14. The van der Waals surface area contributed by atoms with Crippen LogP contribution in [0.1, 0.15) is 26.3 Å². The van der Waals surface area contributed by atoms with E-state index in [-0.39, 0.29) is 11.8 Å². The molecule has 0 saturated carbocycles. The number of fused-ring (bicyclic) bond motifs is 1. The van der Waals surface area contributed by atoms with Crippen molar-refractivity contribution in [2.24, 2.45) is 0 Å². The first-order valence-electron chi connectivity index (χ1n) is 7.42. The molecule has 0 aromatic heterocycles. The minimum atomic E-state index is -0.435. The van der Waals surface area contributed by atoms with Gasteiger partial charge in [-0.15, -0.1) is 0 Å². The summed E-state index contributed by atoms with van der Waals surface area (Å²) >= 11 is 3.33. The maximum absolute atomic E-state index is 12.4. The maximum atomic E-state index is 12.4. The van der Waals surface area contributed by atoms with Crippen molar-refractivity contribution in [3.8, 4) is 0 Å². The van der Waals surface area contributed by atoms with Gasteiger partial charge in [-0.1, -0.05) is 34.6 Å². The lowest BCUT2D eigenvalue weighted by atomic mass is 10.1. The SMILES string of the molecule is C=CC(=O)Nc1cccc(C(=O)NN2Cc3ccc(Br)cc3C2=O)c1. The van der Waals surface area contributed by atoms with Crippen molar-refractivity contribution < 1.29 is 14.4 Å². The summed E-state index contributed by atoms with van der Waals surface area (Å²) in [5, 5.41) is 3.86. The van der Waals surface area contributed by atoms with E-state index in [1.54, 1.807) is 24.3 Å². The number of amides is 3. The molecule has 0 spiro atoms. The van der Waals surface area contributed by atoms with Crippen LogP contribution in [0.15, 0.2) is 59.6 Å². The number of nitrogens with one attached hydrogen (secondary N) is 2. The lowest BCUT2D eigenvalue weighted by molar-refractivity contribution is -0.111. The van der Waals surface area contributed by atoms with E-state index < -0.39 is 5.91 Å². The highest BCUT2D eigenvalue weighted by atomic mass is 79.9. The summed E-state index contributed by atoms with van der Waals surface area (Å²) < 4.78 is 0.804. The van der Waals surface area contributed by atoms with E-state index in [9.17, 15) is 14.4 Å². The topological polar surface area (TPSA) is 78.5 Å². The lowest BCUT2D eigenvalue weighted by Crippen LogP contribution is -2.42. The van der Waals surface area contributed by atoms with Crippen LogP contribution in [-0.4, -0.2) is 22.7 Å². The molecule has 7 heteroatoms. The maximum Gasteiger partial charge on any atom is 0.272 e. The Morgan fingerprint density at radius 3 is 2.76 bits per heavy atom. The number of carbonyl (C=O) groups excluding carboxylic acids is 3. The number of hydrogen-bond donors (Lipinski definition) is 2. The van der Waals surface area contributed by atoms with Gasteiger partial charge in [0.15, 0.2) is 0 Å². The van der Waals surface area contributed by atoms with Crippen molar-refractivity contribution in [3.63, 3.8) is 0 Å². The normalized spacial score (nSPS) is 12.5. The van der Waals surface area contributed by atoms with Crippen LogP contribution in [0.3, 0.4) is 0 Å². The molecule has 2 N–H and O–H groups in total. The van der Waals surface area contributed by atoms with Gasteiger partial charge in [-0.05, 0) is 42.0 Å². The van der Waals surface area contributed by atoms with Crippen LogP contribution in [0.2, 0.25) is 0 Å². The Labute approximate surface area is 152 Å². The van der Waals surface area contributed by atoms with Gasteiger partial charge < -0.3 is 5.32 Å². The van der Waals surface area contributed by atoms with Crippen molar-refractivity contribution in [2.75, 3.05) is 5.32 Å². The number of nitrogens with zero attached hydrogens (tertiary/aromatic N) is 1. The molecule has 0 unspecified atom stereocenters. The first kappa shape index (κ1) is 16.9. The minimum absolute atomic E-state index is 0.263. The van der Waals surface area contributed by atoms with Crippen LogP contribution in [-0.2, 0) is 11.3 Å². The monoisotopic (exact) mass is 399 g/mol. The number of anilines is 1. The summed E-state index contributed by atoms with van der Waals surface area (Å²) in [5.41, 5.74) is 4.80. The van der Waals surface area contributed by atoms with Crippen LogP contribution in [0.25, 0.3) is 0 Å². The Hall–Kier alpha value is -2.93. The van der Waals surface area contributed by atoms with Crippen molar-refractivity contribution in [2.45, 2.75) is 6.54 Å². The molecule has 126 valence electrons. The number of hydrazine groups is 1. The van der Waals surface area contributed by atoms with Crippen LogP contribution in [0.4, 0.5) is 5.69 Å². The van der Waals surface area contributed by atoms with E-state index in [2.05, 4.69) is 33.3 Å². The zero-order valence-electron chi connectivity index (χ0n) is 13.1. The second-order valence-corrected chi connectivity index (χ2v) is 6.32. The fraction of sp³-hybridized carbons (Fsp3) is 0.0556. The predicted molar refractivity (Wildman–Crippen MR) is 96.8 cm³/mol. The average molecular weight is 400 g/mol. The van der Waals surface area contributed by atoms with E-state index in [1.165, 1.54) is 11.1 Å². The zero-order valence-corrected chi connectivity index (χ0v) is 14.7. The molecule has 2 aromatic rings. The van der Waals surface area contributed by atoms with E-state index in [4.69, 9.17) is 0 Å². The van der Waals surface area contributed by atoms with Crippen LogP contribution < -0.4 is 10.7 Å². The quantitative estimate of drug-likeness (QED) is 0.775. The fourth-order valence-corrected chi connectivity index (χ4v) is 2.84. The highest BCUT2D eigenvalue weighted by Gasteiger charge is 2.29. The van der Waals surface area contributed by atoms with Gasteiger partial charge in [-0.25, -0.2) is 5.01 Å². The largest absolute Gasteiger partial charge is 0.323 e. The van der Waals surface area contributed by atoms with Gasteiger partial charge in [-0.2, -0.15) is 0 Å². The molecule has 6 nitrogen and oxygen atoms in total. The molecule has 0 atom stereocenters. The smallest absolute Gasteiger partial charge is 0.272 e. The van der Waals surface area contributed by atoms with Gasteiger partial charge in [0.2, 0.25) is 5.91 Å². The summed E-state index contributed by atoms with van der Waals surface area (Å²) in [4.78, 5) is 36.2. The van der Waals surface area contributed by atoms with Crippen LogP contribution >= 0.6 is 15.9 Å². The van der Waals surface area contributed by atoms with Crippen molar-refractivity contribution in [1.82, 2.24) is 10.4 Å². The van der Waals surface area contributed by atoms with Gasteiger partial charge in [0.05, 0.1) is 6.54 Å². The molecule has 2 aromatic carbocycles. The van der Waals surface area contributed by atoms with Crippen molar-refractivity contribution >= 4 is 39.3 Å². The van der Waals surface area contributed by atoms with E-state index in [0.29, 0.717) is 23.4 Å². The Morgan fingerprint density at radius 2 is 2.00 bits per heavy atom.